The van der Waals surface area contributed by atoms with E-state index in [1.54, 1.807) is 0 Å². The summed E-state index contributed by atoms with van der Waals surface area (Å²) in [5.74, 6) is -0.395. The van der Waals surface area contributed by atoms with E-state index in [9.17, 15) is 13.2 Å². The van der Waals surface area contributed by atoms with Crippen LogP contribution in [-0.2, 0) is 20.2 Å². The molecule has 6 nitrogen and oxygen atoms in total. The van der Waals surface area contributed by atoms with E-state index in [2.05, 4.69) is 5.32 Å². The molecule has 0 atom stereocenters. The molecule has 0 radical (unpaired) electrons. The van der Waals surface area contributed by atoms with Crippen molar-refractivity contribution in [3.05, 3.63) is 63.6 Å². The van der Waals surface area contributed by atoms with E-state index in [0.717, 1.165) is 31.2 Å². The quantitative estimate of drug-likeness (QED) is 0.648. The van der Waals surface area contributed by atoms with Gasteiger partial charge in [0.05, 0.1) is 15.5 Å². The number of ether oxygens (including phenoxy) is 1. The Labute approximate surface area is 198 Å². The Bertz CT molecular complexity index is 1080. The molecule has 0 aliphatic carbocycles. The molecule has 0 spiro atoms. The molecular formula is C23H26Cl2N2O4S. The maximum absolute atomic E-state index is 13.1. The third kappa shape index (κ3) is 4.82. The summed E-state index contributed by atoms with van der Waals surface area (Å²) in [6.45, 7) is 2.58. The highest BCUT2D eigenvalue weighted by Crippen LogP contribution is 2.35. The van der Waals surface area contributed by atoms with Gasteiger partial charge in [-0.25, -0.2) is 8.42 Å². The molecule has 2 saturated heterocycles. The fraction of sp³-hybridized carbons (Fsp3) is 0.435. The van der Waals surface area contributed by atoms with E-state index >= 15 is 0 Å². The Morgan fingerprint density at radius 3 is 2.34 bits per heavy atom. The molecule has 0 bridgehead atoms. The first-order valence-corrected chi connectivity index (χ1v) is 12.9. The van der Waals surface area contributed by atoms with E-state index in [4.69, 9.17) is 27.9 Å². The van der Waals surface area contributed by atoms with Crippen molar-refractivity contribution in [1.82, 2.24) is 9.62 Å². The number of hydrogen-bond donors (Lipinski definition) is 1. The summed E-state index contributed by atoms with van der Waals surface area (Å²) in [5.41, 5.74) is 0.955. The highest BCUT2D eigenvalue weighted by Gasteiger charge is 2.35. The van der Waals surface area contributed by atoms with Gasteiger partial charge in [0, 0.05) is 43.3 Å². The minimum Gasteiger partial charge on any atom is -0.381 e. The second kappa shape index (κ2) is 9.69. The van der Waals surface area contributed by atoms with Crippen LogP contribution in [0.25, 0.3) is 0 Å². The third-order valence-electron chi connectivity index (χ3n) is 6.38. The SMILES string of the molecule is O=C(NCC1(c2ccc(Cl)cc2)CCOCC1)c1cc(S(=O)(=O)N2CCCC2)ccc1Cl. The van der Waals surface area contributed by atoms with Gasteiger partial charge in [0.1, 0.15) is 0 Å². The van der Waals surface area contributed by atoms with Gasteiger partial charge in [-0.3, -0.25) is 4.79 Å². The Morgan fingerprint density at radius 2 is 1.69 bits per heavy atom. The van der Waals surface area contributed by atoms with Crippen molar-refractivity contribution in [2.75, 3.05) is 32.8 Å². The molecule has 0 saturated carbocycles. The summed E-state index contributed by atoms with van der Waals surface area (Å²) < 4.78 is 32.8. The number of carbonyl (C=O) groups excluding carboxylic acids is 1. The van der Waals surface area contributed by atoms with Crippen LogP contribution in [0.4, 0.5) is 0 Å². The average Bonchev–Trinajstić information content (AvgIpc) is 3.35. The summed E-state index contributed by atoms with van der Waals surface area (Å²) >= 11 is 12.3. The van der Waals surface area contributed by atoms with E-state index in [1.807, 2.05) is 24.3 Å². The van der Waals surface area contributed by atoms with E-state index in [0.29, 0.717) is 37.9 Å². The molecule has 172 valence electrons. The summed E-state index contributed by atoms with van der Waals surface area (Å²) in [6.07, 6.45) is 3.20. The van der Waals surface area contributed by atoms with Gasteiger partial charge in [0.25, 0.3) is 5.91 Å². The molecule has 2 aliphatic rings. The highest BCUT2D eigenvalue weighted by atomic mass is 35.5. The van der Waals surface area contributed by atoms with Crippen LogP contribution in [0.15, 0.2) is 47.4 Å². The zero-order valence-electron chi connectivity index (χ0n) is 17.6. The van der Waals surface area contributed by atoms with E-state index < -0.39 is 15.9 Å². The Balaban J connectivity index is 1.56. The predicted octanol–water partition coefficient (Wildman–Crippen LogP) is 4.26. The van der Waals surface area contributed by atoms with Crippen molar-refractivity contribution in [3.63, 3.8) is 0 Å². The number of sulfonamides is 1. The number of halogens is 2. The van der Waals surface area contributed by atoms with Crippen LogP contribution >= 0.6 is 23.2 Å². The smallest absolute Gasteiger partial charge is 0.252 e. The molecular weight excluding hydrogens is 471 g/mol. The maximum Gasteiger partial charge on any atom is 0.252 e. The topological polar surface area (TPSA) is 75.7 Å². The van der Waals surface area contributed by atoms with Crippen LogP contribution < -0.4 is 5.32 Å². The zero-order chi connectivity index (χ0) is 22.8. The van der Waals surface area contributed by atoms with Crippen LogP contribution in [-0.4, -0.2) is 51.5 Å². The van der Waals surface area contributed by atoms with Crippen LogP contribution in [0.5, 0.6) is 0 Å². The number of amides is 1. The Hall–Kier alpha value is -1.64. The number of benzene rings is 2. The lowest BCUT2D eigenvalue weighted by molar-refractivity contribution is 0.0487. The monoisotopic (exact) mass is 496 g/mol. The molecule has 2 heterocycles. The number of rotatable bonds is 6. The second-order valence-corrected chi connectivity index (χ2v) is 11.1. The number of hydrogen-bond acceptors (Lipinski definition) is 4. The lowest BCUT2D eigenvalue weighted by atomic mass is 9.74. The van der Waals surface area contributed by atoms with Crippen molar-refractivity contribution < 1.29 is 17.9 Å². The van der Waals surface area contributed by atoms with E-state index in [-0.39, 0.29) is 20.9 Å². The maximum atomic E-state index is 13.1. The predicted molar refractivity (Wildman–Crippen MR) is 125 cm³/mol. The fourth-order valence-corrected chi connectivity index (χ4v) is 6.27. The molecule has 2 aromatic rings. The van der Waals surface area contributed by atoms with Crippen LogP contribution in [0.3, 0.4) is 0 Å². The lowest BCUT2D eigenvalue weighted by Gasteiger charge is -2.38. The van der Waals surface area contributed by atoms with Crippen molar-refractivity contribution in [3.8, 4) is 0 Å². The zero-order valence-corrected chi connectivity index (χ0v) is 20.0. The third-order valence-corrected chi connectivity index (χ3v) is 8.86. The summed E-state index contributed by atoms with van der Waals surface area (Å²) in [4.78, 5) is 13.2. The van der Waals surface area contributed by atoms with Gasteiger partial charge in [-0.05, 0) is 61.6 Å². The molecule has 0 unspecified atom stereocenters. The molecule has 0 aromatic heterocycles. The Kier molecular flexibility index (Phi) is 7.12. The van der Waals surface area contributed by atoms with Gasteiger partial charge >= 0.3 is 0 Å². The number of nitrogens with one attached hydrogen (secondary N) is 1. The Morgan fingerprint density at radius 1 is 1.03 bits per heavy atom. The molecule has 4 rings (SSSR count). The average molecular weight is 497 g/mol. The first-order valence-electron chi connectivity index (χ1n) is 10.7. The van der Waals surface area contributed by atoms with Gasteiger partial charge in [0.2, 0.25) is 10.0 Å². The van der Waals surface area contributed by atoms with Crippen LogP contribution in [0.2, 0.25) is 10.0 Å². The standard InChI is InChI=1S/C23H26Cl2N2O4S/c24-18-5-3-17(4-6-18)23(9-13-31-14-10-23)16-26-22(28)20-15-19(7-8-21(20)25)32(29,30)27-11-1-2-12-27/h3-8,15H,1-2,9-14,16H2,(H,26,28). The van der Waals surface area contributed by atoms with Crippen molar-refractivity contribution in [2.24, 2.45) is 0 Å². The van der Waals surface area contributed by atoms with Crippen molar-refractivity contribution in [1.29, 1.82) is 0 Å². The largest absolute Gasteiger partial charge is 0.381 e. The van der Waals surface area contributed by atoms with Crippen molar-refractivity contribution >= 4 is 39.1 Å². The summed E-state index contributed by atoms with van der Waals surface area (Å²) in [7, 11) is -3.64. The lowest BCUT2D eigenvalue weighted by Crippen LogP contribution is -2.44. The van der Waals surface area contributed by atoms with Crippen LogP contribution in [0, 0.1) is 0 Å². The van der Waals surface area contributed by atoms with Gasteiger partial charge in [-0.15, -0.1) is 0 Å². The highest BCUT2D eigenvalue weighted by molar-refractivity contribution is 7.89. The molecule has 2 aliphatic heterocycles. The van der Waals surface area contributed by atoms with Gasteiger partial charge in [-0.1, -0.05) is 35.3 Å². The second-order valence-electron chi connectivity index (χ2n) is 8.34. The molecule has 32 heavy (non-hydrogen) atoms. The minimum atomic E-state index is -3.64. The first-order chi connectivity index (χ1) is 15.3. The number of nitrogens with zero attached hydrogens (tertiary/aromatic N) is 1. The molecule has 2 aromatic carbocycles. The summed E-state index contributed by atoms with van der Waals surface area (Å²) in [5, 5.41) is 3.86. The molecule has 2 fully saturated rings. The summed E-state index contributed by atoms with van der Waals surface area (Å²) in [6, 6.07) is 12.0. The normalized spacial score (nSPS) is 19.1. The van der Waals surface area contributed by atoms with Gasteiger partial charge < -0.3 is 10.1 Å². The van der Waals surface area contributed by atoms with E-state index in [1.165, 1.54) is 22.5 Å². The molecule has 1 amide bonds. The van der Waals surface area contributed by atoms with Crippen molar-refractivity contribution in [2.45, 2.75) is 36.0 Å². The van der Waals surface area contributed by atoms with Crippen LogP contribution in [0.1, 0.15) is 41.6 Å². The van der Waals surface area contributed by atoms with Gasteiger partial charge in [0.15, 0.2) is 0 Å². The fourth-order valence-electron chi connectivity index (χ4n) is 4.39. The minimum absolute atomic E-state index is 0.0902. The molecule has 1 N–H and O–H groups in total. The first kappa shape index (κ1) is 23.5. The van der Waals surface area contributed by atoms with Gasteiger partial charge in [-0.2, -0.15) is 4.31 Å². The number of carbonyl (C=O) groups is 1. The molecule has 9 heteroatoms.